The van der Waals surface area contributed by atoms with E-state index in [1.165, 1.54) is 110 Å². The van der Waals surface area contributed by atoms with E-state index in [0.717, 1.165) is 28.4 Å². The summed E-state index contributed by atoms with van der Waals surface area (Å²) in [5.74, 6) is 0.660. The third kappa shape index (κ3) is 5.73. The van der Waals surface area contributed by atoms with Crippen LogP contribution >= 0.6 is 0 Å². The Bertz CT molecular complexity index is 3310. The van der Waals surface area contributed by atoms with Crippen molar-refractivity contribution < 1.29 is 0 Å². The molecule has 1 saturated carbocycles. The molecule has 66 heavy (non-hydrogen) atoms. The molecule has 318 valence electrons. The second-order valence-electron chi connectivity index (χ2n) is 19.5. The van der Waals surface area contributed by atoms with Crippen molar-refractivity contribution in [2.45, 2.75) is 62.7 Å². The highest BCUT2D eigenvalue weighted by molar-refractivity contribution is 5.98. The van der Waals surface area contributed by atoms with Gasteiger partial charge in [-0.15, -0.1) is 0 Å². The lowest BCUT2D eigenvalue weighted by Gasteiger charge is -2.33. The monoisotopic (exact) mass is 848 g/mol. The number of benzene rings is 9. The molecule has 9 aromatic carbocycles. The van der Waals surface area contributed by atoms with Gasteiger partial charge in [0.05, 0.1) is 5.41 Å². The van der Waals surface area contributed by atoms with E-state index in [9.17, 15) is 0 Å². The first-order valence-corrected chi connectivity index (χ1v) is 24.0. The normalized spacial score (nSPS) is 17.1. The molecule has 0 saturated heterocycles. The maximum absolute atomic E-state index is 2.52. The van der Waals surface area contributed by atoms with Gasteiger partial charge in [-0.3, -0.25) is 0 Å². The Balaban J connectivity index is 1.01. The minimum atomic E-state index is -0.541. The number of hydrogen-bond donors (Lipinski definition) is 0. The van der Waals surface area contributed by atoms with Crippen LogP contribution in [0.1, 0.15) is 90.8 Å². The third-order valence-electron chi connectivity index (χ3n) is 15.7. The number of fused-ring (bicyclic) bond motifs is 13. The Morgan fingerprint density at radius 3 is 1.20 bits per heavy atom. The Kier molecular flexibility index (Phi) is 8.90. The molecule has 13 rings (SSSR count). The van der Waals surface area contributed by atoms with Crippen molar-refractivity contribution in [2.75, 3.05) is 9.80 Å². The standard InChI is InChI=1S/C64H52N2/c1-63(2)57-27-15-12-24-51(57)54-37-34-48(40-60(54)63)66(46-22-10-5-11-23-46)50-36-39-56-53-26-14-17-29-59(53)64(62(56)42-50)58-28-16-13-25-52(58)55-38-35-49(41-61(55)64)65(45-20-8-4-9-21-45)47-32-30-44(31-33-47)43-18-6-3-7-19-43/h4-5,8-17,20-43H,3,6-7,18-19H2,1-2H3. The highest BCUT2D eigenvalue weighted by Crippen LogP contribution is 2.64. The van der Waals surface area contributed by atoms with Gasteiger partial charge in [0.2, 0.25) is 0 Å². The number of nitrogens with zero attached hydrogens (tertiary/aromatic N) is 2. The molecule has 0 amide bonds. The fourth-order valence-electron chi connectivity index (χ4n) is 12.6. The maximum atomic E-state index is 2.52. The summed E-state index contributed by atoms with van der Waals surface area (Å²) in [6, 6.07) is 80.3. The van der Waals surface area contributed by atoms with Crippen molar-refractivity contribution in [3.8, 4) is 33.4 Å². The average Bonchev–Trinajstić information content (AvgIpc) is 3.93. The van der Waals surface area contributed by atoms with Crippen LogP contribution in [-0.4, -0.2) is 0 Å². The summed E-state index contributed by atoms with van der Waals surface area (Å²) in [6.07, 6.45) is 6.62. The van der Waals surface area contributed by atoms with Gasteiger partial charge in [0.25, 0.3) is 0 Å². The van der Waals surface area contributed by atoms with Crippen molar-refractivity contribution in [1.29, 1.82) is 0 Å². The lowest BCUT2D eigenvalue weighted by molar-refractivity contribution is 0.443. The summed E-state index contributed by atoms with van der Waals surface area (Å²) < 4.78 is 0. The summed E-state index contributed by atoms with van der Waals surface area (Å²) in [5.41, 5.74) is 23.7. The minimum absolute atomic E-state index is 0.117. The molecule has 1 spiro atoms. The van der Waals surface area contributed by atoms with Crippen LogP contribution in [0, 0.1) is 0 Å². The molecule has 0 aromatic heterocycles. The highest BCUT2D eigenvalue weighted by Gasteiger charge is 2.52. The molecule has 4 aliphatic rings. The molecule has 1 unspecified atom stereocenters. The average molecular weight is 849 g/mol. The number of anilines is 6. The molecule has 0 heterocycles. The second-order valence-corrected chi connectivity index (χ2v) is 19.5. The van der Waals surface area contributed by atoms with Gasteiger partial charge in [-0.05, 0) is 164 Å². The SMILES string of the molecule is CC1(C)c2ccccc2-c2ccc(N(c3ccccc3)c3ccc4c(c3)C3(c5ccccc5-c5ccc(N(c6ccccc6)c6ccc(C7CCCCC7)cc6)cc53)c3ccccc3-4)cc21. The van der Waals surface area contributed by atoms with Crippen LogP contribution in [0.3, 0.4) is 0 Å². The zero-order chi connectivity index (χ0) is 44.0. The quantitative estimate of drug-likeness (QED) is 0.158. The summed E-state index contributed by atoms with van der Waals surface area (Å²) in [5, 5.41) is 0. The molecule has 1 atom stereocenters. The van der Waals surface area contributed by atoms with Crippen LogP contribution in [0.2, 0.25) is 0 Å². The molecule has 0 N–H and O–H groups in total. The van der Waals surface area contributed by atoms with E-state index in [0.29, 0.717) is 5.92 Å². The lowest BCUT2D eigenvalue weighted by atomic mass is 9.70. The van der Waals surface area contributed by atoms with Crippen molar-refractivity contribution in [1.82, 2.24) is 0 Å². The van der Waals surface area contributed by atoms with E-state index in [2.05, 4.69) is 236 Å². The fourth-order valence-corrected chi connectivity index (χ4v) is 12.6. The Morgan fingerprint density at radius 2 is 0.682 bits per heavy atom. The molecule has 0 bridgehead atoms. The first kappa shape index (κ1) is 39.0. The summed E-state index contributed by atoms with van der Waals surface area (Å²) in [7, 11) is 0. The molecule has 2 nitrogen and oxygen atoms in total. The molecule has 0 aliphatic heterocycles. The van der Waals surface area contributed by atoms with Gasteiger partial charge >= 0.3 is 0 Å². The summed E-state index contributed by atoms with van der Waals surface area (Å²) >= 11 is 0. The van der Waals surface area contributed by atoms with Gasteiger partial charge < -0.3 is 9.80 Å². The molecular formula is C64H52N2. The van der Waals surface area contributed by atoms with E-state index in [1.54, 1.807) is 0 Å². The largest absolute Gasteiger partial charge is 0.310 e. The van der Waals surface area contributed by atoms with Crippen LogP contribution in [0.4, 0.5) is 34.1 Å². The van der Waals surface area contributed by atoms with Crippen LogP contribution in [0.25, 0.3) is 33.4 Å². The summed E-state index contributed by atoms with van der Waals surface area (Å²) in [6.45, 7) is 4.75. The number of para-hydroxylation sites is 2. The molecule has 1 fully saturated rings. The smallest absolute Gasteiger partial charge is 0.0727 e. The van der Waals surface area contributed by atoms with E-state index in [-0.39, 0.29) is 5.41 Å². The van der Waals surface area contributed by atoms with Crippen LogP contribution in [0.15, 0.2) is 212 Å². The first-order valence-electron chi connectivity index (χ1n) is 24.0. The third-order valence-corrected chi connectivity index (χ3v) is 15.7. The number of hydrogen-bond acceptors (Lipinski definition) is 2. The molecule has 0 radical (unpaired) electrons. The molecular weight excluding hydrogens is 797 g/mol. The fraction of sp³-hybridized carbons (Fsp3) is 0.156. The van der Waals surface area contributed by atoms with Gasteiger partial charge in [0, 0.05) is 39.5 Å². The topological polar surface area (TPSA) is 6.48 Å². The molecule has 4 aliphatic carbocycles. The van der Waals surface area contributed by atoms with Gasteiger partial charge in [0.1, 0.15) is 0 Å². The Hall–Kier alpha value is -7.42. The van der Waals surface area contributed by atoms with Gasteiger partial charge in [-0.1, -0.05) is 173 Å². The minimum Gasteiger partial charge on any atom is -0.310 e. The van der Waals surface area contributed by atoms with E-state index in [1.807, 2.05) is 0 Å². The van der Waals surface area contributed by atoms with Crippen molar-refractivity contribution >= 4 is 34.1 Å². The van der Waals surface area contributed by atoms with Gasteiger partial charge in [-0.2, -0.15) is 0 Å². The predicted octanol–water partition coefficient (Wildman–Crippen LogP) is 17.3. The van der Waals surface area contributed by atoms with Gasteiger partial charge in [-0.25, -0.2) is 0 Å². The van der Waals surface area contributed by atoms with E-state index >= 15 is 0 Å². The lowest BCUT2D eigenvalue weighted by Crippen LogP contribution is -2.26. The van der Waals surface area contributed by atoms with Gasteiger partial charge in [0.15, 0.2) is 0 Å². The summed E-state index contributed by atoms with van der Waals surface area (Å²) in [4.78, 5) is 4.94. The molecule has 2 heteroatoms. The van der Waals surface area contributed by atoms with Crippen LogP contribution < -0.4 is 9.80 Å². The number of rotatable bonds is 7. The zero-order valence-corrected chi connectivity index (χ0v) is 37.7. The predicted molar refractivity (Wildman–Crippen MR) is 275 cm³/mol. The Labute approximate surface area is 389 Å². The maximum Gasteiger partial charge on any atom is 0.0727 e. The van der Waals surface area contributed by atoms with E-state index < -0.39 is 5.41 Å². The first-order chi connectivity index (χ1) is 32.5. The Morgan fingerprint density at radius 1 is 0.318 bits per heavy atom. The van der Waals surface area contributed by atoms with Crippen molar-refractivity contribution in [2.24, 2.45) is 0 Å². The van der Waals surface area contributed by atoms with Crippen molar-refractivity contribution in [3.63, 3.8) is 0 Å². The van der Waals surface area contributed by atoms with Crippen LogP contribution in [0.5, 0.6) is 0 Å². The highest BCUT2D eigenvalue weighted by atomic mass is 15.1. The van der Waals surface area contributed by atoms with Crippen molar-refractivity contribution in [3.05, 3.63) is 251 Å². The van der Waals surface area contributed by atoms with Crippen LogP contribution in [-0.2, 0) is 10.8 Å². The zero-order valence-electron chi connectivity index (χ0n) is 37.7. The molecule has 9 aromatic rings. The van der Waals surface area contributed by atoms with E-state index in [4.69, 9.17) is 0 Å². The second kappa shape index (κ2) is 15.1.